The van der Waals surface area contributed by atoms with Crippen LogP contribution in [0.4, 0.5) is 17.6 Å². The van der Waals surface area contributed by atoms with E-state index >= 15 is 0 Å². The van der Waals surface area contributed by atoms with E-state index in [0.29, 0.717) is 16.2 Å². The van der Waals surface area contributed by atoms with Gasteiger partial charge >= 0.3 is 6.18 Å². The summed E-state index contributed by atoms with van der Waals surface area (Å²) in [7, 11) is 1.45. The van der Waals surface area contributed by atoms with E-state index in [2.05, 4.69) is 0 Å². The van der Waals surface area contributed by atoms with Crippen LogP contribution >= 0.6 is 11.8 Å². The second-order valence-electron chi connectivity index (χ2n) is 4.27. The Balaban J connectivity index is 2.51. The number of halogens is 4. The summed E-state index contributed by atoms with van der Waals surface area (Å²) >= 11 is 1.21. The van der Waals surface area contributed by atoms with E-state index in [9.17, 15) is 17.6 Å². The number of benzene rings is 2. The van der Waals surface area contributed by atoms with Gasteiger partial charge in [-0.1, -0.05) is 12.1 Å². The molecule has 0 spiro atoms. The first kappa shape index (κ1) is 15.7. The van der Waals surface area contributed by atoms with Crippen molar-refractivity contribution in [3.8, 4) is 16.9 Å². The highest BCUT2D eigenvalue weighted by Crippen LogP contribution is 2.35. The summed E-state index contributed by atoms with van der Waals surface area (Å²) in [6.07, 6.45) is -2.69. The number of hydrogen-bond acceptors (Lipinski definition) is 2. The highest BCUT2D eigenvalue weighted by molar-refractivity contribution is 7.98. The quantitative estimate of drug-likeness (QED) is 0.565. The van der Waals surface area contributed by atoms with Gasteiger partial charge in [0.1, 0.15) is 11.6 Å². The van der Waals surface area contributed by atoms with Crippen molar-refractivity contribution >= 4 is 11.8 Å². The minimum absolute atomic E-state index is 0.215. The lowest BCUT2D eigenvalue weighted by atomic mass is 10.0. The smallest absolute Gasteiger partial charge is 0.416 e. The van der Waals surface area contributed by atoms with Crippen LogP contribution in [0, 0.1) is 5.82 Å². The van der Waals surface area contributed by atoms with E-state index in [4.69, 9.17) is 4.74 Å². The van der Waals surface area contributed by atoms with Gasteiger partial charge in [-0.3, -0.25) is 0 Å². The Morgan fingerprint density at radius 3 is 2.14 bits per heavy atom. The van der Waals surface area contributed by atoms with Crippen LogP contribution in [0.2, 0.25) is 0 Å². The summed E-state index contributed by atoms with van der Waals surface area (Å²) in [4.78, 5) is 0.379. The molecule has 0 heterocycles. The number of ether oxygens (including phenoxy) is 1. The molecule has 0 aromatic heterocycles. The lowest BCUT2D eigenvalue weighted by Gasteiger charge is -2.11. The molecule has 6 heteroatoms. The second-order valence-corrected chi connectivity index (χ2v) is 5.11. The molecule has 0 aliphatic carbocycles. The average Bonchev–Trinajstić information content (AvgIpc) is 2.47. The third-order valence-electron chi connectivity index (χ3n) is 2.99. The standard InChI is InChI=1S/C15H12F4OS/c1-20-11-7-12(14(16)13(8-11)21-2)9-3-5-10(6-4-9)15(17,18)19/h3-8H,1-2H3. The van der Waals surface area contributed by atoms with E-state index in [1.54, 1.807) is 12.3 Å². The molecule has 0 radical (unpaired) electrons. The second kappa shape index (κ2) is 5.97. The van der Waals surface area contributed by atoms with Crippen molar-refractivity contribution in [3.63, 3.8) is 0 Å². The maximum absolute atomic E-state index is 14.3. The number of thioether (sulfide) groups is 1. The van der Waals surface area contributed by atoms with Gasteiger partial charge in [-0.15, -0.1) is 11.8 Å². The molecule has 2 aromatic carbocycles. The molecule has 0 aliphatic heterocycles. The molecule has 0 saturated carbocycles. The predicted molar refractivity (Wildman–Crippen MR) is 75.2 cm³/mol. The topological polar surface area (TPSA) is 9.23 Å². The van der Waals surface area contributed by atoms with Gasteiger partial charge in [0.2, 0.25) is 0 Å². The molecule has 1 nitrogen and oxygen atoms in total. The SMILES string of the molecule is COc1cc(SC)c(F)c(-c2ccc(C(F)(F)F)cc2)c1. The first-order chi connectivity index (χ1) is 9.86. The molecule has 2 aromatic rings. The summed E-state index contributed by atoms with van der Waals surface area (Å²) < 4.78 is 57.0. The molecule has 21 heavy (non-hydrogen) atoms. The maximum Gasteiger partial charge on any atom is 0.416 e. The van der Waals surface area contributed by atoms with Gasteiger partial charge in [-0.25, -0.2) is 4.39 Å². The van der Waals surface area contributed by atoms with Gasteiger partial charge in [0.15, 0.2) is 0 Å². The van der Waals surface area contributed by atoms with Crippen molar-refractivity contribution in [1.29, 1.82) is 0 Å². The van der Waals surface area contributed by atoms with E-state index in [1.165, 1.54) is 37.1 Å². The zero-order valence-electron chi connectivity index (χ0n) is 11.3. The normalized spacial score (nSPS) is 11.5. The van der Waals surface area contributed by atoms with Crippen LogP contribution in [0.1, 0.15) is 5.56 Å². The number of methoxy groups -OCH3 is 1. The number of rotatable bonds is 3. The van der Waals surface area contributed by atoms with Gasteiger partial charge in [-0.05, 0) is 36.1 Å². The Labute approximate surface area is 123 Å². The molecular weight excluding hydrogens is 304 g/mol. The van der Waals surface area contributed by atoms with Crippen molar-refractivity contribution in [1.82, 2.24) is 0 Å². The first-order valence-electron chi connectivity index (χ1n) is 5.96. The van der Waals surface area contributed by atoms with Crippen molar-refractivity contribution in [2.45, 2.75) is 11.1 Å². The Morgan fingerprint density at radius 1 is 1.05 bits per heavy atom. The maximum atomic E-state index is 14.3. The van der Waals surface area contributed by atoms with Gasteiger partial charge < -0.3 is 4.74 Å². The molecule has 0 atom stereocenters. The molecule has 0 aliphatic rings. The van der Waals surface area contributed by atoms with Crippen LogP contribution in [-0.4, -0.2) is 13.4 Å². The van der Waals surface area contributed by atoms with Crippen molar-refractivity contribution in [2.24, 2.45) is 0 Å². The number of alkyl halides is 3. The molecule has 0 unspecified atom stereocenters. The fourth-order valence-electron chi connectivity index (χ4n) is 1.89. The molecular formula is C15H12F4OS. The Bertz CT molecular complexity index is 635. The summed E-state index contributed by atoms with van der Waals surface area (Å²) in [5, 5.41) is 0. The fraction of sp³-hybridized carbons (Fsp3) is 0.200. The summed E-state index contributed by atoms with van der Waals surface area (Å²) in [6, 6.07) is 7.40. The lowest BCUT2D eigenvalue weighted by Crippen LogP contribution is -2.04. The Hall–Kier alpha value is -1.69. The Morgan fingerprint density at radius 2 is 1.67 bits per heavy atom. The molecule has 0 fully saturated rings. The van der Waals surface area contributed by atoms with E-state index in [0.717, 1.165) is 12.1 Å². The summed E-state index contributed by atoms with van der Waals surface area (Å²) in [5.41, 5.74) is -0.179. The molecule has 0 amide bonds. The van der Waals surface area contributed by atoms with Gasteiger partial charge in [-0.2, -0.15) is 13.2 Å². The van der Waals surface area contributed by atoms with E-state index in [1.807, 2.05) is 0 Å². The highest BCUT2D eigenvalue weighted by atomic mass is 32.2. The highest BCUT2D eigenvalue weighted by Gasteiger charge is 2.30. The van der Waals surface area contributed by atoms with Crippen molar-refractivity contribution < 1.29 is 22.3 Å². The summed E-state index contributed by atoms with van der Waals surface area (Å²) in [6.45, 7) is 0. The fourth-order valence-corrected chi connectivity index (χ4v) is 2.41. The van der Waals surface area contributed by atoms with Crippen LogP contribution in [0.15, 0.2) is 41.3 Å². The van der Waals surface area contributed by atoms with Crippen LogP contribution < -0.4 is 4.74 Å². The first-order valence-corrected chi connectivity index (χ1v) is 7.18. The molecule has 112 valence electrons. The van der Waals surface area contributed by atoms with Crippen LogP contribution in [-0.2, 0) is 6.18 Å². The average molecular weight is 316 g/mol. The molecule has 0 N–H and O–H groups in total. The zero-order valence-corrected chi connectivity index (χ0v) is 12.1. The number of hydrogen-bond donors (Lipinski definition) is 0. The van der Waals surface area contributed by atoms with Crippen LogP contribution in [0.25, 0.3) is 11.1 Å². The minimum Gasteiger partial charge on any atom is -0.497 e. The van der Waals surface area contributed by atoms with Gasteiger partial charge in [0.25, 0.3) is 0 Å². The van der Waals surface area contributed by atoms with Crippen LogP contribution in [0.3, 0.4) is 0 Å². The predicted octanol–water partition coefficient (Wildman–Crippen LogP) is 5.24. The van der Waals surface area contributed by atoms with Gasteiger partial charge in [0, 0.05) is 10.5 Å². The minimum atomic E-state index is -4.41. The Kier molecular flexibility index (Phi) is 4.46. The summed E-state index contributed by atoms with van der Waals surface area (Å²) in [5.74, 6) is -0.0151. The lowest BCUT2D eigenvalue weighted by molar-refractivity contribution is -0.137. The van der Waals surface area contributed by atoms with Gasteiger partial charge in [0.05, 0.1) is 12.7 Å². The zero-order chi connectivity index (χ0) is 15.6. The third-order valence-corrected chi connectivity index (χ3v) is 3.73. The largest absolute Gasteiger partial charge is 0.497 e. The van der Waals surface area contributed by atoms with E-state index in [-0.39, 0.29) is 5.56 Å². The van der Waals surface area contributed by atoms with E-state index < -0.39 is 17.6 Å². The molecule has 0 bridgehead atoms. The third kappa shape index (κ3) is 3.32. The van der Waals surface area contributed by atoms with Crippen LogP contribution in [0.5, 0.6) is 5.75 Å². The molecule has 2 rings (SSSR count). The molecule has 0 saturated heterocycles. The van der Waals surface area contributed by atoms with Crippen molar-refractivity contribution in [3.05, 3.63) is 47.8 Å². The monoisotopic (exact) mass is 316 g/mol. The van der Waals surface area contributed by atoms with Crippen molar-refractivity contribution in [2.75, 3.05) is 13.4 Å².